The second kappa shape index (κ2) is 6.91. The van der Waals surface area contributed by atoms with Gasteiger partial charge in [-0.25, -0.2) is 4.98 Å². The number of thiazole rings is 1. The maximum Gasteiger partial charge on any atom is 0.309 e. The number of rotatable bonds is 6. The zero-order valence-electron chi connectivity index (χ0n) is 12.5. The molecule has 3 heterocycles. The number of carbonyl (C=O) groups excluding carboxylic acids is 1. The molecule has 1 aliphatic heterocycles. The first kappa shape index (κ1) is 15.7. The highest BCUT2D eigenvalue weighted by molar-refractivity contribution is 7.07. The van der Waals surface area contributed by atoms with Crippen LogP contribution in [0.2, 0.25) is 0 Å². The molecule has 3 rings (SSSR count). The smallest absolute Gasteiger partial charge is 0.309 e. The predicted molar refractivity (Wildman–Crippen MR) is 83.8 cm³/mol. The summed E-state index contributed by atoms with van der Waals surface area (Å²) in [5.74, 6) is -1.46. The van der Waals surface area contributed by atoms with Gasteiger partial charge in [0, 0.05) is 37.3 Å². The number of aryl methyl sites for hydroxylation is 1. The van der Waals surface area contributed by atoms with Crippen LogP contribution in [0.5, 0.6) is 0 Å². The third kappa shape index (κ3) is 3.42. The van der Waals surface area contributed by atoms with Gasteiger partial charge < -0.3 is 10.0 Å². The SMILES string of the molecule is O=C(O)[C@@H]1CCC(=O)N(CCCn2cccn2)[C@H]1c1cscn1. The summed E-state index contributed by atoms with van der Waals surface area (Å²) in [5.41, 5.74) is 2.35. The number of likely N-dealkylation sites (tertiary alicyclic amines) is 1. The topological polar surface area (TPSA) is 88.3 Å². The Kier molecular flexibility index (Phi) is 4.71. The summed E-state index contributed by atoms with van der Waals surface area (Å²) in [6.07, 6.45) is 4.95. The molecule has 1 fully saturated rings. The normalized spacial score (nSPS) is 21.6. The third-order valence-corrected chi connectivity index (χ3v) is 4.73. The Bertz CT molecular complexity index is 656. The summed E-state index contributed by atoms with van der Waals surface area (Å²) in [6, 6.07) is 1.38. The summed E-state index contributed by atoms with van der Waals surface area (Å²) in [4.78, 5) is 29.9. The van der Waals surface area contributed by atoms with Gasteiger partial charge in [0.2, 0.25) is 5.91 Å². The van der Waals surface area contributed by atoms with Crippen molar-refractivity contribution in [3.05, 3.63) is 35.0 Å². The molecule has 0 saturated carbocycles. The Balaban J connectivity index is 1.75. The van der Waals surface area contributed by atoms with Crippen LogP contribution in [-0.4, -0.2) is 43.2 Å². The predicted octanol–water partition coefficient (Wildman–Crippen LogP) is 1.79. The van der Waals surface area contributed by atoms with E-state index in [1.165, 1.54) is 11.3 Å². The molecule has 2 aromatic rings. The zero-order chi connectivity index (χ0) is 16.2. The summed E-state index contributed by atoms with van der Waals surface area (Å²) in [5, 5.41) is 15.5. The van der Waals surface area contributed by atoms with E-state index in [9.17, 15) is 14.7 Å². The molecule has 8 heteroatoms. The van der Waals surface area contributed by atoms with Gasteiger partial charge in [0.1, 0.15) is 0 Å². The molecule has 0 aromatic carbocycles. The van der Waals surface area contributed by atoms with Gasteiger partial charge in [-0.3, -0.25) is 14.3 Å². The lowest BCUT2D eigenvalue weighted by atomic mass is 9.87. The highest BCUT2D eigenvalue weighted by Gasteiger charge is 2.41. The fourth-order valence-electron chi connectivity index (χ4n) is 3.04. The number of carboxylic acids is 1. The van der Waals surface area contributed by atoms with Crippen LogP contribution in [0.4, 0.5) is 0 Å². The molecule has 1 amide bonds. The lowest BCUT2D eigenvalue weighted by molar-refractivity contribution is -0.152. The minimum atomic E-state index is -0.868. The number of amides is 1. The molecule has 0 spiro atoms. The van der Waals surface area contributed by atoms with Crippen LogP contribution in [0.25, 0.3) is 0 Å². The monoisotopic (exact) mass is 334 g/mol. The van der Waals surface area contributed by atoms with E-state index in [1.807, 2.05) is 17.6 Å². The number of nitrogens with zero attached hydrogens (tertiary/aromatic N) is 4. The molecule has 2 atom stereocenters. The Morgan fingerprint density at radius 2 is 2.30 bits per heavy atom. The molecular weight excluding hydrogens is 316 g/mol. The Morgan fingerprint density at radius 1 is 1.43 bits per heavy atom. The highest BCUT2D eigenvalue weighted by atomic mass is 32.1. The van der Waals surface area contributed by atoms with Crippen molar-refractivity contribution in [2.75, 3.05) is 6.54 Å². The van der Waals surface area contributed by atoms with Gasteiger partial charge in [0.05, 0.1) is 23.2 Å². The van der Waals surface area contributed by atoms with Gasteiger partial charge in [-0.2, -0.15) is 5.10 Å². The molecular formula is C15H18N4O3S. The Labute approximate surface area is 137 Å². The van der Waals surface area contributed by atoms with Gasteiger partial charge in [0.15, 0.2) is 0 Å². The maximum absolute atomic E-state index is 12.3. The lowest BCUT2D eigenvalue weighted by Gasteiger charge is -2.38. The molecule has 122 valence electrons. The molecule has 1 saturated heterocycles. The van der Waals surface area contributed by atoms with E-state index in [0.717, 1.165) is 6.42 Å². The first-order chi connectivity index (χ1) is 11.2. The third-order valence-electron chi connectivity index (χ3n) is 4.12. The number of hydrogen-bond acceptors (Lipinski definition) is 5. The van der Waals surface area contributed by atoms with Gasteiger partial charge in [-0.05, 0) is 18.9 Å². The standard InChI is InChI=1S/C15H18N4O3S/c20-13-4-3-11(15(21)22)14(12-9-23-10-16-12)19(13)8-2-7-18-6-1-5-17-18/h1,5-6,9-11,14H,2-4,7-8H2,(H,21,22)/t11-,14-/m1/s1. The van der Waals surface area contributed by atoms with E-state index in [-0.39, 0.29) is 12.3 Å². The first-order valence-corrected chi connectivity index (χ1v) is 8.49. The van der Waals surface area contributed by atoms with Crippen molar-refractivity contribution in [1.29, 1.82) is 0 Å². The molecule has 0 unspecified atom stereocenters. The fourth-order valence-corrected chi connectivity index (χ4v) is 3.63. The second-order valence-electron chi connectivity index (χ2n) is 5.55. The number of aliphatic carboxylic acids is 1. The molecule has 23 heavy (non-hydrogen) atoms. The number of carbonyl (C=O) groups is 2. The van der Waals surface area contributed by atoms with Crippen LogP contribution in [0.3, 0.4) is 0 Å². The van der Waals surface area contributed by atoms with Crippen molar-refractivity contribution in [2.24, 2.45) is 5.92 Å². The molecule has 0 radical (unpaired) electrons. The second-order valence-corrected chi connectivity index (χ2v) is 6.27. The van der Waals surface area contributed by atoms with E-state index in [0.29, 0.717) is 25.2 Å². The lowest BCUT2D eigenvalue weighted by Crippen LogP contribution is -2.46. The molecule has 7 nitrogen and oxygen atoms in total. The van der Waals surface area contributed by atoms with Crippen LogP contribution in [0, 0.1) is 5.92 Å². The van der Waals surface area contributed by atoms with E-state index in [1.54, 1.807) is 21.3 Å². The van der Waals surface area contributed by atoms with Gasteiger partial charge in [-0.15, -0.1) is 11.3 Å². The molecule has 0 bridgehead atoms. The zero-order valence-corrected chi connectivity index (χ0v) is 13.4. The number of carboxylic acid groups (broad SMARTS) is 1. The van der Waals surface area contributed by atoms with Crippen LogP contribution >= 0.6 is 11.3 Å². The number of hydrogen-bond donors (Lipinski definition) is 1. The van der Waals surface area contributed by atoms with E-state index >= 15 is 0 Å². The van der Waals surface area contributed by atoms with E-state index in [4.69, 9.17) is 0 Å². The average molecular weight is 334 g/mol. The van der Waals surface area contributed by atoms with Crippen molar-refractivity contribution in [3.63, 3.8) is 0 Å². The fraction of sp³-hybridized carbons (Fsp3) is 0.467. The van der Waals surface area contributed by atoms with Crippen molar-refractivity contribution in [2.45, 2.75) is 31.8 Å². The highest BCUT2D eigenvalue weighted by Crippen LogP contribution is 2.36. The van der Waals surface area contributed by atoms with Crippen LogP contribution in [-0.2, 0) is 16.1 Å². The van der Waals surface area contributed by atoms with E-state index in [2.05, 4.69) is 10.1 Å². The Morgan fingerprint density at radius 3 is 2.96 bits per heavy atom. The van der Waals surface area contributed by atoms with Gasteiger partial charge in [-0.1, -0.05) is 0 Å². The van der Waals surface area contributed by atoms with Gasteiger partial charge >= 0.3 is 5.97 Å². The Hall–Kier alpha value is -2.22. The molecule has 1 aliphatic rings. The largest absolute Gasteiger partial charge is 0.481 e. The van der Waals surface area contributed by atoms with Crippen LogP contribution in [0.15, 0.2) is 29.4 Å². The van der Waals surface area contributed by atoms with Crippen molar-refractivity contribution < 1.29 is 14.7 Å². The summed E-state index contributed by atoms with van der Waals surface area (Å²) < 4.78 is 1.81. The summed E-state index contributed by atoms with van der Waals surface area (Å²) in [6.45, 7) is 1.20. The average Bonchev–Trinajstić information content (AvgIpc) is 3.21. The number of aromatic nitrogens is 3. The molecule has 2 aromatic heterocycles. The van der Waals surface area contributed by atoms with Crippen molar-refractivity contribution in [3.8, 4) is 0 Å². The minimum absolute atomic E-state index is 0.000894. The quantitative estimate of drug-likeness (QED) is 0.870. The molecule has 1 N–H and O–H groups in total. The first-order valence-electron chi connectivity index (χ1n) is 7.54. The van der Waals surface area contributed by atoms with Crippen molar-refractivity contribution >= 4 is 23.2 Å². The minimum Gasteiger partial charge on any atom is -0.481 e. The van der Waals surface area contributed by atoms with Crippen LogP contribution < -0.4 is 0 Å². The number of piperidine rings is 1. The van der Waals surface area contributed by atoms with Crippen LogP contribution in [0.1, 0.15) is 31.0 Å². The van der Waals surface area contributed by atoms with E-state index < -0.39 is 17.9 Å². The maximum atomic E-state index is 12.3. The summed E-state index contributed by atoms with van der Waals surface area (Å²) >= 11 is 1.42. The van der Waals surface area contributed by atoms with Crippen molar-refractivity contribution in [1.82, 2.24) is 19.7 Å². The molecule has 0 aliphatic carbocycles. The van der Waals surface area contributed by atoms with Gasteiger partial charge in [0.25, 0.3) is 0 Å². The summed E-state index contributed by atoms with van der Waals surface area (Å²) in [7, 11) is 0.